The molecule has 3 nitrogen and oxygen atoms in total. The maximum Gasteiger partial charge on any atom is 0.247 e. The van der Waals surface area contributed by atoms with Crippen LogP contribution in [0.1, 0.15) is 13.3 Å². The molecule has 0 aliphatic carbocycles. The molecular weight excluding hydrogens is 256 g/mol. The third-order valence-electron chi connectivity index (χ3n) is 2.75. The normalized spacial score (nSPS) is 19.8. The number of halogens is 1. The van der Waals surface area contributed by atoms with E-state index in [9.17, 15) is 4.79 Å². The van der Waals surface area contributed by atoms with E-state index < -0.39 is 0 Å². The third kappa shape index (κ3) is 1.74. The van der Waals surface area contributed by atoms with E-state index in [1.54, 1.807) is 0 Å². The summed E-state index contributed by atoms with van der Waals surface area (Å²) in [6, 6.07) is 5.87. The summed E-state index contributed by atoms with van der Waals surface area (Å²) >= 11 is 3.39. The molecule has 1 aliphatic heterocycles. The third-order valence-corrected chi connectivity index (χ3v) is 3.25. The molecule has 1 amide bonds. The van der Waals surface area contributed by atoms with Gasteiger partial charge in [0.15, 0.2) is 0 Å². The van der Waals surface area contributed by atoms with Crippen molar-refractivity contribution in [2.75, 3.05) is 17.3 Å². The molecule has 2 rings (SSSR count). The maximum absolute atomic E-state index is 11.7. The SMILES string of the molecule is CCC1C(=O)Nc2cc(Br)ccc2N1C. The van der Waals surface area contributed by atoms with Gasteiger partial charge in [0, 0.05) is 11.5 Å². The van der Waals surface area contributed by atoms with E-state index in [0.29, 0.717) is 0 Å². The Bertz CT molecular complexity index is 406. The summed E-state index contributed by atoms with van der Waals surface area (Å²) in [5.74, 6) is 0.0746. The summed E-state index contributed by atoms with van der Waals surface area (Å²) in [6.07, 6.45) is 0.817. The first-order valence-corrected chi connectivity index (χ1v) is 5.76. The lowest BCUT2D eigenvalue weighted by Crippen LogP contribution is -2.45. The Morgan fingerprint density at radius 1 is 1.53 bits per heavy atom. The van der Waals surface area contributed by atoms with Gasteiger partial charge in [-0.25, -0.2) is 0 Å². The highest BCUT2D eigenvalue weighted by molar-refractivity contribution is 9.10. The van der Waals surface area contributed by atoms with Crippen LogP contribution in [0.5, 0.6) is 0 Å². The van der Waals surface area contributed by atoms with Crippen molar-refractivity contribution in [3.05, 3.63) is 22.7 Å². The number of hydrogen-bond acceptors (Lipinski definition) is 2. The van der Waals surface area contributed by atoms with Crippen molar-refractivity contribution in [3.63, 3.8) is 0 Å². The average Bonchev–Trinajstić information content (AvgIpc) is 2.17. The minimum Gasteiger partial charge on any atom is -0.361 e. The van der Waals surface area contributed by atoms with Crippen LogP contribution in [0.2, 0.25) is 0 Å². The summed E-state index contributed by atoms with van der Waals surface area (Å²) in [5, 5.41) is 2.92. The van der Waals surface area contributed by atoms with E-state index in [0.717, 1.165) is 22.3 Å². The molecule has 0 bridgehead atoms. The van der Waals surface area contributed by atoms with Crippen molar-refractivity contribution >= 4 is 33.2 Å². The molecule has 1 aromatic rings. The van der Waals surface area contributed by atoms with Crippen molar-refractivity contribution in [1.29, 1.82) is 0 Å². The van der Waals surface area contributed by atoms with Crippen molar-refractivity contribution in [3.8, 4) is 0 Å². The van der Waals surface area contributed by atoms with Crippen LogP contribution in [-0.4, -0.2) is 19.0 Å². The quantitative estimate of drug-likeness (QED) is 0.850. The Hall–Kier alpha value is -1.03. The predicted octanol–water partition coefficient (Wildman–Crippen LogP) is 2.62. The summed E-state index contributed by atoms with van der Waals surface area (Å²) in [4.78, 5) is 13.8. The lowest BCUT2D eigenvalue weighted by Gasteiger charge is -2.34. The van der Waals surface area contributed by atoms with Gasteiger partial charge in [-0.15, -0.1) is 0 Å². The number of likely N-dealkylation sites (N-methyl/N-ethyl adjacent to an activating group) is 1. The standard InChI is InChI=1S/C11H13BrN2O/c1-3-9-11(15)13-8-6-7(12)4-5-10(8)14(9)2/h4-6,9H,3H2,1-2H3,(H,13,15). The molecule has 0 spiro atoms. The lowest BCUT2D eigenvalue weighted by atomic mass is 10.1. The van der Waals surface area contributed by atoms with E-state index in [2.05, 4.69) is 21.2 Å². The van der Waals surface area contributed by atoms with Gasteiger partial charge < -0.3 is 10.2 Å². The van der Waals surface area contributed by atoms with Crippen molar-refractivity contribution < 1.29 is 4.79 Å². The van der Waals surface area contributed by atoms with Crippen LogP contribution in [-0.2, 0) is 4.79 Å². The zero-order valence-electron chi connectivity index (χ0n) is 8.75. The maximum atomic E-state index is 11.7. The summed E-state index contributed by atoms with van der Waals surface area (Å²) in [6.45, 7) is 2.02. The van der Waals surface area contributed by atoms with Crippen LogP contribution < -0.4 is 10.2 Å². The Morgan fingerprint density at radius 3 is 2.93 bits per heavy atom. The van der Waals surface area contributed by atoms with E-state index in [1.165, 1.54) is 0 Å². The Labute approximate surface area is 97.6 Å². The van der Waals surface area contributed by atoms with E-state index in [1.807, 2.05) is 37.1 Å². The van der Waals surface area contributed by atoms with Crippen molar-refractivity contribution in [2.45, 2.75) is 19.4 Å². The molecule has 1 heterocycles. The fraction of sp³-hybridized carbons (Fsp3) is 0.364. The molecule has 0 fully saturated rings. The molecule has 1 aromatic carbocycles. The molecule has 1 unspecified atom stereocenters. The Morgan fingerprint density at radius 2 is 2.27 bits per heavy atom. The second-order valence-corrected chi connectivity index (χ2v) is 4.60. The first-order valence-electron chi connectivity index (χ1n) is 4.96. The first-order chi connectivity index (χ1) is 7.13. The molecule has 1 aliphatic rings. The van der Waals surface area contributed by atoms with Gasteiger partial charge in [0.05, 0.1) is 11.4 Å². The number of carbonyl (C=O) groups excluding carboxylic acids is 1. The van der Waals surface area contributed by atoms with Crippen LogP contribution in [0, 0.1) is 0 Å². The van der Waals surface area contributed by atoms with Gasteiger partial charge in [0.25, 0.3) is 0 Å². The Balaban J connectivity index is 2.45. The molecule has 0 saturated carbocycles. The van der Waals surface area contributed by atoms with Gasteiger partial charge in [-0.2, -0.15) is 0 Å². The second-order valence-electron chi connectivity index (χ2n) is 3.69. The molecule has 1 N–H and O–H groups in total. The van der Waals surface area contributed by atoms with E-state index in [4.69, 9.17) is 0 Å². The van der Waals surface area contributed by atoms with E-state index >= 15 is 0 Å². The largest absolute Gasteiger partial charge is 0.361 e. The van der Waals surface area contributed by atoms with Crippen LogP contribution in [0.4, 0.5) is 11.4 Å². The molecular formula is C11H13BrN2O. The summed E-state index contributed by atoms with van der Waals surface area (Å²) in [7, 11) is 1.96. The van der Waals surface area contributed by atoms with Gasteiger partial charge >= 0.3 is 0 Å². The van der Waals surface area contributed by atoms with Crippen molar-refractivity contribution in [2.24, 2.45) is 0 Å². The fourth-order valence-corrected chi connectivity index (χ4v) is 2.30. The highest BCUT2D eigenvalue weighted by Gasteiger charge is 2.28. The van der Waals surface area contributed by atoms with Gasteiger partial charge in [-0.1, -0.05) is 22.9 Å². The van der Waals surface area contributed by atoms with Crippen LogP contribution in [0.3, 0.4) is 0 Å². The number of rotatable bonds is 1. The summed E-state index contributed by atoms with van der Waals surface area (Å²) in [5.41, 5.74) is 1.95. The lowest BCUT2D eigenvalue weighted by molar-refractivity contribution is -0.117. The zero-order chi connectivity index (χ0) is 11.0. The monoisotopic (exact) mass is 268 g/mol. The molecule has 0 radical (unpaired) electrons. The number of anilines is 2. The second kappa shape index (κ2) is 3.85. The predicted molar refractivity (Wildman–Crippen MR) is 65.3 cm³/mol. The topological polar surface area (TPSA) is 32.3 Å². The van der Waals surface area contributed by atoms with Crippen LogP contribution in [0.25, 0.3) is 0 Å². The number of carbonyl (C=O) groups is 1. The minimum atomic E-state index is -0.0568. The van der Waals surface area contributed by atoms with Crippen LogP contribution in [0.15, 0.2) is 22.7 Å². The van der Waals surface area contributed by atoms with Gasteiger partial charge in [0.1, 0.15) is 6.04 Å². The highest BCUT2D eigenvalue weighted by atomic mass is 79.9. The number of nitrogens with zero attached hydrogens (tertiary/aromatic N) is 1. The molecule has 15 heavy (non-hydrogen) atoms. The van der Waals surface area contributed by atoms with Crippen molar-refractivity contribution in [1.82, 2.24) is 0 Å². The van der Waals surface area contributed by atoms with Gasteiger partial charge in [0.2, 0.25) is 5.91 Å². The number of fused-ring (bicyclic) bond motifs is 1. The fourth-order valence-electron chi connectivity index (χ4n) is 1.94. The number of benzene rings is 1. The Kier molecular flexibility index (Phi) is 2.69. The van der Waals surface area contributed by atoms with Gasteiger partial charge in [-0.3, -0.25) is 4.79 Å². The smallest absolute Gasteiger partial charge is 0.247 e. The molecule has 1 atom stereocenters. The average molecular weight is 269 g/mol. The number of nitrogens with one attached hydrogen (secondary N) is 1. The number of hydrogen-bond donors (Lipinski definition) is 1. The first kappa shape index (κ1) is 10.5. The highest BCUT2D eigenvalue weighted by Crippen LogP contribution is 2.33. The zero-order valence-corrected chi connectivity index (χ0v) is 10.3. The molecule has 0 saturated heterocycles. The van der Waals surface area contributed by atoms with E-state index in [-0.39, 0.29) is 11.9 Å². The molecule has 4 heteroatoms. The molecule has 80 valence electrons. The minimum absolute atomic E-state index is 0.0568. The van der Waals surface area contributed by atoms with Gasteiger partial charge in [-0.05, 0) is 24.6 Å². The summed E-state index contributed by atoms with van der Waals surface area (Å²) < 4.78 is 0.977. The van der Waals surface area contributed by atoms with Crippen LogP contribution >= 0.6 is 15.9 Å². The molecule has 0 aromatic heterocycles. The number of amides is 1.